The predicted molar refractivity (Wildman–Crippen MR) is 95.7 cm³/mol. The molecule has 4 nitrogen and oxygen atoms in total. The second-order valence-electron chi connectivity index (χ2n) is 8.12. The summed E-state index contributed by atoms with van der Waals surface area (Å²) in [6, 6.07) is 0. The van der Waals surface area contributed by atoms with Gasteiger partial charge in [-0.05, 0) is 49.7 Å². The van der Waals surface area contributed by atoms with Crippen molar-refractivity contribution >= 4 is 11.9 Å². The van der Waals surface area contributed by atoms with Gasteiger partial charge in [-0.3, -0.25) is 0 Å². The number of hydrogen-bond donors (Lipinski definition) is 0. The van der Waals surface area contributed by atoms with Gasteiger partial charge in [-0.1, -0.05) is 32.4 Å². The number of carbonyl (C=O) groups excluding carboxylic acids is 2. The van der Waals surface area contributed by atoms with Crippen molar-refractivity contribution in [3.8, 4) is 0 Å². The lowest BCUT2D eigenvalue weighted by molar-refractivity contribution is -0.192. The Kier molecular flexibility index (Phi) is 3.37. The maximum absolute atomic E-state index is 12.8. The molecule has 26 heavy (non-hydrogen) atoms. The Labute approximate surface area is 153 Å². The van der Waals surface area contributed by atoms with E-state index in [1.807, 2.05) is 18.2 Å². The van der Waals surface area contributed by atoms with E-state index >= 15 is 0 Å². The molecule has 4 heteroatoms. The van der Waals surface area contributed by atoms with Gasteiger partial charge in [0.25, 0.3) is 0 Å². The molecule has 0 saturated heterocycles. The highest BCUT2D eigenvalue weighted by atomic mass is 16.6. The van der Waals surface area contributed by atoms with Crippen molar-refractivity contribution in [1.29, 1.82) is 0 Å². The van der Waals surface area contributed by atoms with Gasteiger partial charge in [0.15, 0.2) is 0 Å². The first-order chi connectivity index (χ1) is 12.6. The van der Waals surface area contributed by atoms with Crippen LogP contribution in [0.1, 0.15) is 52.4 Å². The minimum Gasteiger partial charge on any atom is -0.450 e. The molecule has 2 heterocycles. The van der Waals surface area contributed by atoms with E-state index in [9.17, 15) is 9.59 Å². The number of ether oxygens (including phenoxy) is 2. The van der Waals surface area contributed by atoms with Crippen LogP contribution in [0.25, 0.3) is 0 Å². The molecule has 0 bridgehead atoms. The van der Waals surface area contributed by atoms with Crippen molar-refractivity contribution in [3.05, 3.63) is 46.3 Å². The number of rotatable bonds is 2. The number of allylic oxidation sites excluding steroid dienone is 3. The number of cyclic esters (lactones) is 1. The van der Waals surface area contributed by atoms with E-state index in [2.05, 4.69) is 13.8 Å². The monoisotopic (exact) mass is 352 g/mol. The van der Waals surface area contributed by atoms with Gasteiger partial charge < -0.3 is 9.47 Å². The quantitative estimate of drug-likeness (QED) is 0.701. The van der Waals surface area contributed by atoms with Crippen LogP contribution in [0.15, 0.2) is 46.3 Å². The fraction of sp³-hybridized carbons (Fsp3) is 0.545. The van der Waals surface area contributed by atoms with Crippen molar-refractivity contribution < 1.29 is 19.1 Å². The third-order valence-electron chi connectivity index (χ3n) is 7.03. The molecule has 1 saturated carbocycles. The molecular formula is C22H24O4. The fourth-order valence-electron chi connectivity index (χ4n) is 5.88. The van der Waals surface area contributed by atoms with Crippen LogP contribution in [0.3, 0.4) is 0 Å². The number of unbranched alkanes of at least 4 members (excludes halogenated alkanes) is 1. The first kappa shape index (κ1) is 16.1. The minimum absolute atomic E-state index is 0.0378. The highest BCUT2D eigenvalue weighted by Gasteiger charge is 2.70. The summed E-state index contributed by atoms with van der Waals surface area (Å²) in [5.41, 5.74) is 3.07. The molecule has 4 atom stereocenters. The molecule has 4 unspecified atom stereocenters. The van der Waals surface area contributed by atoms with E-state index in [4.69, 9.17) is 9.47 Å². The van der Waals surface area contributed by atoms with Crippen LogP contribution in [0.2, 0.25) is 0 Å². The van der Waals surface area contributed by atoms with Crippen LogP contribution in [0.5, 0.6) is 0 Å². The van der Waals surface area contributed by atoms with Crippen LogP contribution in [0, 0.1) is 17.8 Å². The number of hydrogen-bond acceptors (Lipinski definition) is 4. The summed E-state index contributed by atoms with van der Waals surface area (Å²) in [6.45, 7) is 4.30. The Morgan fingerprint density at radius 1 is 1.27 bits per heavy atom. The lowest BCUT2D eigenvalue weighted by Crippen LogP contribution is -2.64. The maximum Gasteiger partial charge on any atom is 0.340 e. The molecule has 0 N–H and O–H groups in total. The zero-order valence-electron chi connectivity index (χ0n) is 15.3. The minimum atomic E-state index is -0.623. The molecule has 2 aliphatic heterocycles. The van der Waals surface area contributed by atoms with E-state index in [1.165, 1.54) is 0 Å². The van der Waals surface area contributed by atoms with Gasteiger partial charge in [0.1, 0.15) is 11.4 Å². The Balaban J connectivity index is 1.62. The number of fused-ring (bicyclic) bond motifs is 4. The first-order valence-corrected chi connectivity index (χ1v) is 9.88. The predicted octanol–water partition coefficient (Wildman–Crippen LogP) is 4.14. The average molecular weight is 352 g/mol. The summed E-state index contributed by atoms with van der Waals surface area (Å²) < 4.78 is 11.7. The van der Waals surface area contributed by atoms with Gasteiger partial charge in [0.05, 0.1) is 11.1 Å². The zero-order chi connectivity index (χ0) is 18.1. The van der Waals surface area contributed by atoms with Gasteiger partial charge in [0, 0.05) is 17.4 Å². The summed E-state index contributed by atoms with van der Waals surface area (Å²) in [4.78, 5) is 25.3. The summed E-state index contributed by atoms with van der Waals surface area (Å²) in [7, 11) is 0. The second kappa shape index (κ2) is 5.45. The average Bonchev–Trinajstić information content (AvgIpc) is 3.15. The van der Waals surface area contributed by atoms with Crippen molar-refractivity contribution in [2.45, 2.75) is 58.0 Å². The topological polar surface area (TPSA) is 52.6 Å². The molecule has 0 aromatic heterocycles. The third kappa shape index (κ3) is 1.80. The molecule has 5 rings (SSSR count). The van der Waals surface area contributed by atoms with Crippen LogP contribution >= 0.6 is 0 Å². The molecular weight excluding hydrogens is 328 g/mol. The maximum atomic E-state index is 12.8. The molecule has 0 aromatic rings. The van der Waals surface area contributed by atoms with Crippen molar-refractivity contribution in [1.82, 2.24) is 0 Å². The standard InChI is InChI=1S/C22H24O4/c1-3-4-9-17-15-11-10-13-12(2)22(19(13)18(15)21(24)25-17)16-8-6-5-7-14(16)20(23)26-22/h5,7,9,12-13,19H,3-4,6,8,10-11H2,1-2H3. The van der Waals surface area contributed by atoms with Gasteiger partial charge in [-0.25, -0.2) is 9.59 Å². The molecule has 1 fully saturated rings. The molecule has 3 aliphatic carbocycles. The van der Waals surface area contributed by atoms with Crippen LogP contribution in [-0.4, -0.2) is 17.5 Å². The highest BCUT2D eigenvalue weighted by molar-refractivity contribution is 5.99. The van der Waals surface area contributed by atoms with E-state index in [1.54, 1.807) is 0 Å². The van der Waals surface area contributed by atoms with E-state index in [0.29, 0.717) is 5.92 Å². The van der Waals surface area contributed by atoms with Crippen LogP contribution in [0.4, 0.5) is 0 Å². The summed E-state index contributed by atoms with van der Waals surface area (Å²) in [5.74, 6) is 0.909. The Morgan fingerprint density at radius 3 is 2.92 bits per heavy atom. The fourth-order valence-corrected chi connectivity index (χ4v) is 5.88. The van der Waals surface area contributed by atoms with E-state index in [-0.39, 0.29) is 23.8 Å². The lowest BCUT2D eigenvalue weighted by atomic mass is 9.46. The number of carbonyl (C=O) groups is 2. The van der Waals surface area contributed by atoms with Crippen molar-refractivity contribution in [2.24, 2.45) is 17.8 Å². The first-order valence-electron chi connectivity index (χ1n) is 9.88. The van der Waals surface area contributed by atoms with Gasteiger partial charge >= 0.3 is 11.9 Å². The van der Waals surface area contributed by atoms with E-state index < -0.39 is 5.60 Å². The molecule has 1 spiro atoms. The lowest BCUT2D eigenvalue weighted by Gasteiger charge is -2.60. The molecule has 5 aliphatic rings. The van der Waals surface area contributed by atoms with Crippen molar-refractivity contribution in [2.75, 3.05) is 0 Å². The summed E-state index contributed by atoms with van der Waals surface area (Å²) in [5, 5.41) is 0. The normalized spacial score (nSPS) is 39.0. The molecule has 0 aromatic carbocycles. The Hall–Kier alpha value is -2.10. The number of esters is 2. The van der Waals surface area contributed by atoms with Crippen molar-refractivity contribution in [3.63, 3.8) is 0 Å². The zero-order valence-corrected chi connectivity index (χ0v) is 15.3. The van der Waals surface area contributed by atoms with Gasteiger partial charge in [0.2, 0.25) is 0 Å². The molecule has 136 valence electrons. The summed E-state index contributed by atoms with van der Waals surface area (Å²) in [6.07, 6.45) is 11.6. The third-order valence-corrected chi connectivity index (χ3v) is 7.03. The second-order valence-corrected chi connectivity index (χ2v) is 8.12. The van der Waals surface area contributed by atoms with Gasteiger partial charge in [-0.2, -0.15) is 0 Å². The Morgan fingerprint density at radius 2 is 2.12 bits per heavy atom. The van der Waals surface area contributed by atoms with Crippen LogP contribution < -0.4 is 0 Å². The van der Waals surface area contributed by atoms with Crippen LogP contribution in [-0.2, 0) is 19.1 Å². The Bertz CT molecular complexity index is 840. The largest absolute Gasteiger partial charge is 0.450 e. The van der Waals surface area contributed by atoms with E-state index in [0.717, 1.165) is 66.6 Å². The molecule has 0 radical (unpaired) electrons. The summed E-state index contributed by atoms with van der Waals surface area (Å²) >= 11 is 0. The smallest absolute Gasteiger partial charge is 0.340 e. The SMILES string of the molecule is CCCC=C1OC(=O)C2=C1CCC1C(C)C3(OC(=O)C4=C3CCC=C4)C21. The van der Waals surface area contributed by atoms with Gasteiger partial charge in [-0.15, -0.1) is 0 Å². The molecule has 0 amide bonds. The highest BCUT2D eigenvalue weighted by Crippen LogP contribution is 2.67.